The summed E-state index contributed by atoms with van der Waals surface area (Å²) < 4.78 is 13.6. The maximum absolute atomic E-state index is 13.6. The molecule has 1 aliphatic carbocycles. The molecule has 4 rings (SSSR count). The standard InChI is InChI=1S/C27H28FN3O2/c1-3-31(25(19-7-5-4-6-8-19)20-11-13-22(28)14-12-20)27(33)30-24-17-21(10-9-18(24)2)26(32)29-23-15-16-23/h4-14,17,23,25H,3,15-16H2,1-2H3,(H,29,32)(H,30,33)/t25-/m0/s1. The van der Waals surface area contributed by atoms with Crippen LogP contribution in [0.25, 0.3) is 0 Å². The largest absolute Gasteiger partial charge is 0.349 e. The second-order valence-corrected chi connectivity index (χ2v) is 8.36. The van der Waals surface area contributed by atoms with Gasteiger partial charge >= 0.3 is 6.03 Å². The van der Waals surface area contributed by atoms with Crippen molar-refractivity contribution < 1.29 is 14.0 Å². The summed E-state index contributed by atoms with van der Waals surface area (Å²) in [5, 5.41) is 5.97. The highest BCUT2D eigenvalue weighted by Crippen LogP contribution is 2.30. The Morgan fingerprint density at radius 3 is 2.30 bits per heavy atom. The first-order valence-electron chi connectivity index (χ1n) is 11.3. The van der Waals surface area contributed by atoms with Crippen LogP contribution in [-0.4, -0.2) is 29.4 Å². The Hall–Kier alpha value is -3.67. The number of halogens is 1. The van der Waals surface area contributed by atoms with Gasteiger partial charge in [0.25, 0.3) is 5.91 Å². The summed E-state index contributed by atoms with van der Waals surface area (Å²) >= 11 is 0. The van der Waals surface area contributed by atoms with Gasteiger partial charge in [-0.25, -0.2) is 9.18 Å². The Balaban J connectivity index is 1.62. The maximum atomic E-state index is 13.6. The number of hydrogen-bond donors (Lipinski definition) is 2. The van der Waals surface area contributed by atoms with Crippen LogP contribution in [0.2, 0.25) is 0 Å². The maximum Gasteiger partial charge on any atom is 0.322 e. The summed E-state index contributed by atoms with van der Waals surface area (Å²) in [4.78, 5) is 27.6. The van der Waals surface area contributed by atoms with Crippen molar-refractivity contribution in [3.05, 3.63) is 101 Å². The van der Waals surface area contributed by atoms with Gasteiger partial charge in [0.05, 0.1) is 6.04 Å². The lowest BCUT2D eigenvalue weighted by Gasteiger charge is -2.32. The van der Waals surface area contributed by atoms with Gasteiger partial charge in [-0.05, 0) is 67.6 Å². The molecule has 0 saturated heterocycles. The summed E-state index contributed by atoms with van der Waals surface area (Å²) in [5.41, 5.74) is 3.71. The highest BCUT2D eigenvalue weighted by molar-refractivity contribution is 5.97. The molecule has 2 N–H and O–H groups in total. The van der Waals surface area contributed by atoms with Crippen LogP contribution in [0.4, 0.5) is 14.9 Å². The molecule has 0 heterocycles. The van der Waals surface area contributed by atoms with Crippen molar-refractivity contribution in [2.45, 2.75) is 38.8 Å². The zero-order valence-electron chi connectivity index (χ0n) is 18.8. The predicted molar refractivity (Wildman–Crippen MR) is 128 cm³/mol. The van der Waals surface area contributed by atoms with Gasteiger partial charge in [0.2, 0.25) is 0 Å². The summed E-state index contributed by atoms with van der Waals surface area (Å²) in [6.45, 7) is 4.23. The van der Waals surface area contributed by atoms with Crippen molar-refractivity contribution in [2.75, 3.05) is 11.9 Å². The Bertz CT molecular complexity index is 1130. The molecule has 0 bridgehead atoms. The van der Waals surface area contributed by atoms with Gasteiger partial charge in [-0.2, -0.15) is 0 Å². The number of anilines is 1. The average Bonchev–Trinajstić information content (AvgIpc) is 3.64. The van der Waals surface area contributed by atoms with E-state index >= 15 is 0 Å². The van der Waals surface area contributed by atoms with Gasteiger partial charge in [-0.15, -0.1) is 0 Å². The summed E-state index contributed by atoms with van der Waals surface area (Å²) in [6.07, 6.45) is 2.02. The van der Waals surface area contributed by atoms with E-state index in [1.54, 1.807) is 29.2 Å². The molecule has 1 atom stereocenters. The molecule has 1 fully saturated rings. The molecular formula is C27H28FN3O2. The number of carbonyl (C=O) groups is 2. The monoisotopic (exact) mass is 445 g/mol. The minimum atomic E-state index is -0.390. The lowest BCUT2D eigenvalue weighted by atomic mass is 9.97. The van der Waals surface area contributed by atoms with Crippen molar-refractivity contribution in [1.29, 1.82) is 0 Å². The highest BCUT2D eigenvalue weighted by Gasteiger charge is 2.27. The molecule has 0 spiro atoms. The predicted octanol–water partition coefficient (Wildman–Crippen LogP) is 5.67. The summed E-state index contributed by atoms with van der Waals surface area (Å²) in [6, 6.07) is 20.8. The molecule has 1 aliphatic rings. The molecule has 0 aliphatic heterocycles. The van der Waals surface area contributed by atoms with Gasteiger partial charge in [0.15, 0.2) is 0 Å². The molecule has 0 unspecified atom stereocenters. The minimum Gasteiger partial charge on any atom is -0.349 e. The molecule has 0 aromatic heterocycles. The van der Waals surface area contributed by atoms with Crippen LogP contribution >= 0.6 is 0 Å². The van der Waals surface area contributed by atoms with E-state index in [0.29, 0.717) is 17.8 Å². The van der Waals surface area contributed by atoms with Gasteiger partial charge in [0, 0.05) is 23.8 Å². The van der Waals surface area contributed by atoms with E-state index in [2.05, 4.69) is 10.6 Å². The number of benzene rings is 3. The fourth-order valence-corrected chi connectivity index (χ4v) is 3.86. The van der Waals surface area contributed by atoms with Crippen LogP contribution in [0.3, 0.4) is 0 Å². The van der Waals surface area contributed by atoms with Crippen molar-refractivity contribution in [1.82, 2.24) is 10.2 Å². The number of nitrogens with zero attached hydrogens (tertiary/aromatic N) is 1. The summed E-state index contributed by atoms with van der Waals surface area (Å²) in [5.74, 6) is -0.455. The van der Waals surface area contributed by atoms with Crippen LogP contribution in [0.5, 0.6) is 0 Å². The van der Waals surface area contributed by atoms with Gasteiger partial charge < -0.3 is 15.5 Å². The first-order valence-corrected chi connectivity index (χ1v) is 11.3. The molecule has 6 heteroatoms. The van der Waals surface area contributed by atoms with Crippen molar-refractivity contribution in [3.8, 4) is 0 Å². The zero-order chi connectivity index (χ0) is 23.4. The van der Waals surface area contributed by atoms with E-state index in [-0.39, 0.29) is 23.8 Å². The molecule has 1 saturated carbocycles. The molecular weight excluding hydrogens is 417 g/mol. The lowest BCUT2D eigenvalue weighted by molar-refractivity contribution is 0.0951. The third kappa shape index (κ3) is 5.40. The number of aryl methyl sites for hydroxylation is 1. The van der Waals surface area contributed by atoms with Crippen LogP contribution < -0.4 is 10.6 Å². The number of carbonyl (C=O) groups excluding carboxylic acids is 2. The van der Waals surface area contributed by atoms with E-state index in [1.165, 1.54) is 12.1 Å². The number of rotatable bonds is 7. The van der Waals surface area contributed by atoms with Gasteiger partial charge in [-0.1, -0.05) is 48.5 Å². The number of amides is 3. The van der Waals surface area contributed by atoms with Crippen molar-refractivity contribution in [2.24, 2.45) is 0 Å². The van der Waals surface area contributed by atoms with E-state index in [9.17, 15) is 14.0 Å². The van der Waals surface area contributed by atoms with Crippen molar-refractivity contribution in [3.63, 3.8) is 0 Å². The number of urea groups is 1. The molecule has 3 amide bonds. The van der Waals surface area contributed by atoms with E-state index in [0.717, 1.165) is 29.5 Å². The Labute approximate surface area is 193 Å². The number of nitrogens with one attached hydrogen (secondary N) is 2. The van der Waals surface area contributed by atoms with Crippen LogP contribution in [-0.2, 0) is 0 Å². The fourth-order valence-electron chi connectivity index (χ4n) is 3.86. The molecule has 5 nitrogen and oxygen atoms in total. The summed E-state index contributed by atoms with van der Waals surface area (Å²) in [7, 11) is 0. The zero-order valence-corrected chi connectivity index (χ0v) is 18.8. The topological polar surface area (TPSA) is 61.4 Å². The highest BCUT2D eigenvalue weighted by atomic mass is 19.1. The van der Waals surface area contributed by atoms with Crippen LogP contribution in [0, 0.1) is 12.7 Å². The quantitative estimate of drug-likeness (QED) is 0.492. The van der Waals surface area contributed by atoms with E-state index in [1.807, 2.05) is 50.2 Å². The Morgan fingerprint density at radius 2 is 1.67 bits per heavy atom. The van der Waals surface area contributed by atoms with Gasteiger partial charge in [0.1, 0.15) is 5.82 Å². The average molecular weight is 446 g/mol. The number of hydrogen-bond acceptors (Lipinski definition) is 2. The SMILES string of the molecule is CCN(C(=O)Nc1cc(C(=O)NC2CC2)ccc1C)[C@@H](c1ccccc1)c1ccc(F)cc1. The van der Waals surface area contributed by atoms with Crippen molar-refractivity contribution >= 4 is 17.6 Å². The van der Waals surface area contributed by atoms with E-state index < -0.39 is 6.04 Å². The normalized spacial score (nSPS) is 13.8. The molecule has 33 heavy (non-hydrogen) atoms. The smallest absolute Gasteiger partial charge is 0.322 e. The molecule has 3 aromatic rings. The molecule has 170 valence electrons. The first kappa shape index (κ1) is 22.5. The minimum absolute atomic E-state index is 0.131. The third-order valence-electron chi connectivity index (χ3n) is 5.87. The lowest BCUT2D eigenvalue weighted by Crippen LogP contribution is -2.38. The molecule has 0 radical (unpaired) electrons. The fraction of sp³-hybridized carbons (Fsp3) is 0.259. The van der Waals surface area contributed by atoms with Crippen LogP contribution in [0.15, 0.2) is 72.8 Å². The Morgan fingerprint density at radius 1 is 1.00 bits per heavy atom. The first-order chi connectivity index (χ1) is 16.0. The van der Waals surface area contributed by atoms with Crippen LogP contribution in [0.1, 0.15) is 52.9 Å². The van der Waals surface area contributed by atoms with E-state index in [4.69, 9.17) is 0 Å². The van der Waals surface area contributed by atoms with Gasteiger partial charge in [-0.3, -0.25) is 4.79 Å². The Kier molecular flexibility index (Phi) is 6.73. The second-order valence-electron chi connectivity index (χ2n) is 8.36. The second kappa shape index (κ2) is 9.86. The molecule has 3 aromatic carbocycles. The third-order valence-corrected chi connectivity index (χ3v) is 5.87.